The molecule has 0 bridgehead atoms. The average Bonchev–Trinajstić information content (AvgIpc) is 2.63. The number of para-hydroxylation sites is 2. The Balaban J connectivity index is 2.20. The minimum absolute atomic E-state index is 0.0631. The first-order valence-corrected chi connectivity index (χ1v) is 6.54. The Kier molecular flexibility index (Phi) is 3.49. The highest BCUT2D eigenvalue weighted by molar-refractivity contribution is 9.11. The van der Waals surface area contributed by atoms with Gasteiger partial charge in [-0.05, 0) is 46.6 Å². The molecule has 2 rings (SSSR count). The zero-order valence-corrected chi connectivity index (χ0v) is 11.4. The molecular weight excluding hydrogens is 302 g/mol. The number of halogens is 1. The van der Waals surface area contributed by atoms with Gasteiger partial charge in [-0.25, -0.2) is 0 Å². The lowest BCUT2D eigenvalue weighted by Crippen LogP contribution is -2.10. The summed E-state index contributed by atoms with van der Waals surface area (Å²) in [6.45, 7) is 1.93. The number of aryl methyl sites for hydroxylation is 1. The van der Waals surface area contributed by atoms with Crippen LogP contribution < -0.4 is 5.32 Å². The van der Waals surface area contributed by atoms with E-state index >= 15 is 0 Å². The molecule has 2 aromatic rings. The largest absolute Gasteiger partial charge is 0.506 e. The molecule has 0 aliphatic carbocycles. The fraction of sp³-hybridized carbons (Fsp3) is 0.0833. The van der Waals surface area contributed by atoms with Crippen LogP contribution in [0.2, 0.25) is 0 Å². The SMILES string of the molecule is Cc1cc(C(=O)Nc2ccccc2O)sc1Br. The van der Waals surface area contributed by atoms with Crippen molar-refractivity contribution < 1.29 is 9.90 Å². The van der Waals surface area contributed by atoms with Gasteiger partial charge in [0.1, 0.15) is 5.75 Å². The van der Waals surface area contributed by atoms with E-state index in [2.05, 4.69) is 21.2 Å². The number of nitrogens with one attached hydrogen (secondary N) is 1. The van der Waals surface area contributed by atoms with Gasteiger partial charge in [-0.1, -0.05) is 12.1 Å². The number of phenolic OH excluding ortho intramolecular Hbond substituents is 1. The van der Waals surface area contributed by atoms with Crippen LogP contribution in [0, 0.1) is 6.92 Å². The van der Waals surface area contributed by atoms with E-state index in [1.165, 1.54) is 17.4 Å². The van der Waals surface area contributed by atoms with E-state index in [9.17, 15) is 9.90 Å². The van der Waals surface area contributed by atoms with E-state index in [-0.39, 0.29) is 11.7 Å². The van der Waals surface area contributed by atoms with E-state index in [1.54, 1.807) is 18.2 Å². The molecule has 5 heteroatoms. The third kappa shape index (κ3) is 2.68. The number of phenols is 1. The molecule has 0 fully saturated rings. The van der Waals surface area contributed by atoms with Crippen LogP contribution in [-0.2, 0) is 0 Å². The van der Waals surface area contributed by atoms with Gasteiger partial charge in [0, 0.05) is 0 Å². The molecule has 0 unspecified atom stereocenters. The van der Waals surface area contributed by atoms with Crippen LogP contribution in [0.25, 0.3) is 0 Å². The first kappa shape index (κ1) is 12.1. The molecule has 88 valence electrons. The summed E-state index contributed by atoms with van der Waals surface area (Å²) >= 11 is 4.74. The number of hydrogen-bond donors (Lipinski definition) is 2. The fourth-order valence-electron chi connectivity index (χ4n) is 1.34. The Labute approximate surface area is 111 Å². The average molecular weight is 312 g/mol. The number of carbonyl (C=O) groups excluding carboxylic acids is 1. The van der Waals surface area contributed by atoms with Crippen LogP contribution in [0.5, 0.6) is 5.75 Å². The minimum atomic E-state index is -0.217. The molecule has 17 heavy (non-hydrogen) atoms. The van der Waals surface area contributed by atoms with Crippen molar-refractivity contribution in [3.63, 3.8) is 0 Å². The lowest BCUT2D eigenvalue weighted by Gasteiger charge is -2.04. The van der Waals surface area contributed by atoms with Crippen molar-refractivity contribution in [3.8, 4) is 5.75 Å². The Morgan fingerprint density at radius 1 is 1.41 bits per heavy atom. The molecule has 2 N–H and O–H groups in total. The second-order valence-corrected chi connectivity index (χ2v) is 5.91. The van der Waals surface area contributed by atoms with Crippen LogP contribution >= 0.6 is 27.3 Å². The number of thiophene rings is 1. The smallest absolute Gasteiger partial charge is 0.265 e. The van der Waals surface area contributed by atoms with Gasteiger partial charge in [0.05, 0.1) is 14.4 Å². The van der Waals surface area contributed by atoms with Crippen LogP contribution in [0.4, 0.5) is 5.69 Å². The predicted octanol–water partition coefficient (Wildman–Crippen LogP) is 3.78. The molecule has 1 aromatic carbocycles. The molecule has 0 aliphatic heterocycles. The highest BCUT2D eigenvalue weighted by Crippen LogP contribution is 2.29. The Morgan fingerprint density at radius 3 is 2.71 bits per heavy atom. The maximum Gasteiger partial charge on any atom is 0.265 e. The summed E-state index contributed by atoms with van der Waals surface area (Å²) in [4.78, 5) is 12.5. The van der Waals surface area contributed by atoms with Gasteiger partial charge in [0.2, 0.25) is 0 Å². The Bertz CT molecular complexity index is 546. The number of aromatic hydroxyl groups is 1. The zero-order valence-electron chi connectivity index (χ0n) is 9.03. The number of rotatable bonds is 2. The van der Waals surface area contributed by atoms with Gasteiger partial charge >= 0.3 is 0 Å². The molecule has 3 nitrogen and oxygen atoms in total. The molecule has 0 aliphatic rings. The van der Waals surface area contributed by atoms with Crippen molar-refractivity contribution in [2.24, 2.45) is 0 Å². The minimum Gasteiger partial charge on any atom is -0.506 e. The van der Waals surface area contributed by atoms with Crippen LogP contribution in [0.3, 0.4) is 0 Å². The van der Waals surface area contributed by atoms with Gasteiger partial charge in [-0.2, -0.15) is 0 Å². The molecule has 1 heterocycles. The lowest BCUT2D eigenvalue weighted by atomic mass is 10.3. The maximum absolute atomic E-state index is 11.9. The summed E-state index contributed by atoms with van der Waals surface area (Å²) in [5.74, 6) is -0.154. The summed E-state index contributed by atoms with van der Waals surface area (Å²) in [5.41, 5.74) is 1.44. The topological polar surface area (TPSA) is 49.3 Å². The van der Waals surface area contributed by atoms with Crippen LogP contribution in [-0.4, -0.2) is 11.0 Å². The van der Waals surface area contributed by atoms with Gasteiger partial charge < -0.3 is 10.4 Å². The van der Waals surface area contributed by atoms with Gasteiger partial charge in [-0.15, -0.1) is 11.3 Å². The molecule has 0 saturated heterocycles. The molecule has 0 spiro atoms. The highest BCUT2D eigenvalue weighted by Gasteiger charge is 2.12. The van der Waals surface area contributed by atoms with Gasteiger partial charge in [0.25, 0.3) is 5.91 Å². The number of anilines is 1. The number of benzene rings is 1. The zero-order chi connectivity index (χ0) is 12.4. The summed E-state index contributed by atoms with van der Waals surface area (Å²) < 4.78 is 0.944. The number of amides is 1. The van der Waals surface area contributed by atoms with Crippen molar-refractivity contribution in [3.05, 3.63) is 44.6 Å². The molecule has 1 aromatic heterocycles. The summed E-state index contributed by atoms with van der Waals surface area (Å²) in [6, 6.07) is 8.46. The van der Waals surface area contributed by atoms with Crippen molar-refractivity contribution in [2.75, 3.05) is 5.32 Å². The van der Waals surface area contributed by atoms with E-state index in [0.717, 1.165) is 9.35 Å². The molecular formula is C12H10BrNO2S. The van der Waals surface area contributed by atoms with E-state index in [0.29, 0.717) is 10.6 Å². The van der Waals surface area contributed by atoms with Crippen LogP contribution in [0.15, 0.2) is 34.1 Å². The quantitative estimate of drug-likeness (QED) is 0.829. The molecule has 0 saturated carbocycles. The molecule has 0 radical (unpaired) electrons. The number of hydrogen-bond acceptors (Lipinski definition) is 3. The first-order chi connectivity index (χ1) is 8.08. The third-order valence-corrected chi connectivity index (χ3v) is 4.37. The van der Waals surface area contributed by atoms with E-state index < -0.39 is 0 Å². The maximum atomic E-state index is 11.9. The van der Waals surface area contributed by atoms with Crippen molar-refractivity contribution in [1.82, 2.24) is 0 Å². The van der Waals surface area contributed by atoms with Gasteiger partial charge in [-0.3, -0.25) is 4.79 Å². The van der Waals surface area contributed by atoms with E-state index in [4.69, 9.17) is 0 Å². The predicted molar refractivity (Wildman–Crippen MR) is 72.8 cm³/mol. The fourth-order valence-corrected chi connectivity index (χ4v) is 2.77. The van der Waals surface area contributed by atoms with Crippen molar-refractivity contribution in [2.45, 2.75) is 6.92 Å². The standard InChI is InChI=1S/C12H10BrNO2S/c1-7-6-10(17-11(7)13)12(16)14-8-4-2-3-5-9(8)15/h2-6,15H,1H3,(H,14,16). The first-order valence-electron chi connectivity index (χ1n) is 4.93. The van der Waals surface area contributed by atoms with Crippen molar-refractivity contribution in [1.29, 1.82) is 0 Å². The van der Waals surface area contributed by atoms with Gasteiger partial charge in [0.15, 0.2) is 0 Å². The van der Waals surface area contributed by atoms with Crippen LogP contribution in [0.1, 0.15) is 15.2 Å². The Hall–Kier alpha value is -1.33. The number of carbonyl (C=O) groups is 1. The molecule has 1 amide bonds. The third-order valence-electron chi connectivity index (χ3n) is 2.23. The second-order valence-electron chi connectivity index (χ2n) is 3.54. The second kappa shape index (κ2) is 4.89. The summed E-state index contributed by atoms with van der Waals surface area (Å²) in [6.07, 6.45) is 0. The lowest BCUT2D eigenvalue weighted by molar-refractivity contribution is 0.103. The summed E-state index contributed by atoms with van der Waals surface area (Å²) in [7, 11) is 0. The highest BCUT2D eigenvalue weighted by atomic mass is 79.9. The monoisotopic (exact) mass is 311 g/mol. The molecule has 0 atom stereocenters. The normalized spacial score (nSPS) is 10.2. The summed E-state index contributed by atoms with van der Waals surface area (Å²) in [5, 5.41) is 12.2. The van der Waals surface area contributed by atoms with E-state index in [1.807, 2.05) is 13.0 Å². The van der Waals surface area contributed by atoms with Crippen molar-refractivity contribution >= 4 is 38.9 Å². The Morgan fingerprint density at radius 2 is 2.12 bits per heavy atom.